The predicted octanol–water partition coefficient (Wildman–Crippen LogP) is 3.71. The van der Waals surface area contributed by atoms with Gasteiger partial charge in [0.2, 0.25) is 5.91 Å². The molecule has 4 rings (SSSR count). The molecule has 1 fully saturated rings. The van der Waals surface area contributed by atoms with Gasteiger partial charge in [0.25, 0.3) is 5.91 Å². The van der Waals surface area contributed by atoms with Crippen molar-refractivity contribution in [3.05, 3.63) is 83.7 Å². The zero-order valence-electron chi connectivity index (χ0n) is 25.6. The van der Waals surface area contributed by atoms with Gasteiger partial charge in [0, 0.05) is 36.3 Å². The largest absolute Gasteiger partial charge is 0.483 e. The lowest BCUT2D eigenvalue weighted by Crippen LogP contribution is -2.54. The predicted molar refractivity (Wildman–Crippen MR) is 169 cm³/mol. The number of rotatable bonds is 12. The van der Waals surface area contributed by atoms with Crippen LogP contribution >= 0.6 is 11.8 Å². The lowest BCUT2D eigenvalue weighted by atomic mass is 10.00. The van der Waals surface area contributed by atoms with Crippen LogP contribution in [0.2, 0.25) is 0 Å². The smallest absolute Gasteiger partial charge is 0.258 e. The topological polar surface area (TPSA) is 117 Å². The number of amides is 2. The molecule has 43 heavy (non-hydrogen) atoms. The maximum atomic E-state index is 13.4. The van der Waals surface area contributed by atoms with E-state index in [-0.39, 0.29) is 30.2 Å². The van der Waals surface area contributed by atoms with Crippen LogP contribution in [0.5, 0.6) is 5.75 Å². The standard InChI is InChI=1S/C33H43N5O4S/c1-22-11-9-12-23(2)30(22)42-21-29(40)36-26(17-24-13-7-6-8-14-24)28(39)20-38-19-25(43-32-34-15-10-16-35-32)18-27(38)31(41)37-33(3,4)5/h6-16,25-28,39H,17-21H2,1-5H3,(H,36,40)(H,37,41)/t25-,26+,27+,28-/m1/s1. The van der Waals surface area contributed by atoms with Crippen molar-refractivity contribution >= 4 is 23.6 Å². The first kappa shape index (κ1) is 32.4. The third-order valence-electron chi connectivity index (χ3n) is 7.27. The maximum Gasteiger partial charge on any atom is 0.258 e. The van der Waals surface area contributed by atoms with Crippen LogP contribution in [0.25, 0.3) is 0 Å². The van der Waals surface area contributed by atoms with Gasteiger partial charge in [-0.2, -0.15) is 0 Å². The van der Waals surface area contributed by atoms with Gasteiger partial charge >= 0.3 is 0 Å². The molecule has 0 bridgehead atoms. The number of aromatic nitrogens is 2. The molecule has 0 aliphatic carbocycles. The minimum Gasteiger partial charge on any atom is -0.483 e. The van der Waals surface area contributed by atoms with E-state index >= 15 is 0 Å². The molecule has 2 aromatic carbocycles. The first-order chi connectivity index (χ1) is 20.5. The van der Waals surface area contributed by atoms with Crippen LogP contribution in [0.1, 0.15) is 43.9 Å². The van der Waals surface area contributed by atoms with Gasteiger partial charge in [-0.15, -0.1) is 0 Å². The SMILES string of the molecule is Cc1cccc(C)c1OCC(=O)N[C@@H](Cc1ccccc1)[C@H](O)CN1C[C@H](Sc2ncccn2)C[C@H]1C(=O)NC(C)(C)C. The van der Waals surface area contributed by atoms with Gasteiger partial charge in [0.1, 0.15) is 5.75 Å². The minimum atomic E-state index is -0.939. The molecule has 0 unspecified atom stereocenters. The molecule has 10 heteroatoms. The van der Waals surface area contributed by atoms with Crippen molar-refractivity contribution in [2.75, 3.05) is 19.7 Å². The molecule has 0 saturated carbocycles. The van der Waals surface area contributed by atoms with Gasteiger partial charge in [-0.3, -0.25) is 14.5 Å². The second-order valence-electron chi connectivity index (χ2n) is 12.2. The Morgan fingerprint density at radius 2 is 1.72 bits per heavy atom. The molecule has 0 spiro atoms. The Bertz CT molecular complexity index is 1330. The third kappa shape index (κ3) is 9.77. The van der Waals surface area contributed by atoms with Crippen LogP contribution in [0.3, 0.4) is 0 Å². The second kappa shape index (κ2) is 14.8. The van der Waals surface area contributed by atoms with E-state index in [9.17, 15) is 14.7 Å². The number of nitrogens with zero attached hydrogens (tertiary/aromatic N) is 3. The van der Waals surface area contributed by atoms with E-state index in [4.69, 9.17) is 4.74 Å². The lowest BCUT2D eigenvalue weighted by molar-refractivity contribution is -0.128. The van der Waals surface area contributed by atoms with Gasteiger partial charge in [0.05, 0.1) is 18.2 Å². The molecule has 1 aliphatic rings. The van der Waals surface area contributed by atoms with Crippen molar-refractivity contribution in [2.24, 2.45) is 0 Å². The van der Waals surface area contributed by atoms with Crippen LogP contribution in [0.15, 0.2) is 72.1 Å². The van der Waals surface area contributed by atoms with Crippen molar-refractivity contribution < 1.29 is 19.4 Å². The number of hydrogen-bond donors (Lipinski definition) is 3. The van der Waals surface area contributed by atoms with Crippen molar-refractivity contribution in [3.63, 3.8) is 0 Å². The molecule has 1 aliphatic heterocycles. The van der Waals surface area contributed by atoms with Gasteiger partial charge < -0.3 is 20.5 Å². The van der Waals surface area contributed by atoms with Gasteiger partial charge in [0.15, 0.2) is 11.8 Å². The molecule has 0 radical (unpaired) electrons. The molecule has 1 saturated heterocycles. The highest BCUT2D eigenvalue weighted by Crippen LogP contribution is 2.32. The molecule has 2 amide bonds. The van der Waals surface area contributed by atoms with E-state index in [1.54, 1.807) is 18.5 Å². The average Bonchev–Trinajstić information content (AvgIpc) is 3.34. The van der Waals surface area contributed by atoms with Crippen molar-refractivity contribution in [2.45, 2.75) is 81.6 Å². The van der Waals surface area contributed by atoms with Crippen LogP contribution in [0.4, 0.5) is 0 Å². The summed E-state index contributed by atoms with van der Waals surface area (Å²) < 4.78 is 5.89. The number of ether oxygens (including phenoxy) is 1. The Labute approximate surface area is 258 Å². The zero-order chi connectivity index (χ0) is 31.0. The molecule has 3 N–H and O–H groups in total. The Balaban J connectivity index is 1.48. The van der Waals surface area contributed by atoms with Crippen LogP contribution < -0.4 is 15.4 Å². The number of thioether (sulfide) groups is 1. The summed E-state index contributed by atoms with van der Waals surface area (Å²) in [5.74, 6) is 0.289. The van der Waals surface area contributed by atoms with Crippen molar-refractivity contribution in [1.29, 1.82) is 0 Å². The molecule has 4 atom stereocenters. The lowest BCUT2D eigenvalue weighted by Gasteiger charge is -2.32. The van der Waals surface area contributed by atoms with E-state index < -0.39 is 23.7 Å². The summed E-state index contributed by atoms with van der Waals surface area (Å²) in [6.45, 7) is 10.4. The summed E-state index contributed by atoms with van der Waals surface area (Å²) in [5, 5.41) is 18.4. The summed E-state index contributed by atoms with van der Waals surface area (Å²) in [4.78, 5) is 37.2. The Morgan fingerprint density at radius 1 is 1.05 bits per heavy atom. The highest BCUT2D eigenvalue weighted by molar-refractivity contribution is 7.99. The number of nitrogens with one attached hydrogen (secondary N) is 2. The fourth-order valence-corrected chi connectivity index (χ4v) is 6.39. The number of benzene rings is 2. The molecule has 1 aromatic heterocycles. The summed E-state index contributed by atoms with van der Waals surface area (Å²) in [7, 11) is 0. The fourth-order valence-electron chi connectivity index (χ4n) is 5.30. The molecular formula is C33H43N5O4S. The summed E-state index contributed by atoms with van der Waals surface area (Å²) in [6, 6.07) is 16.3. The molecular weight excluding hydrogens is 562 g/mol. The van der Waals surface area contributed by atoms with Crippen molar-refractivity contribution in [1.82, 2.24) is 25.5 Å². The number of aliphatic hydroxyl groups excluding tert-OH is 1. The molecule has 230 valence electrons. The number of para-hydroxylation sites is 1. The number of aliphatic hydroxyl groups is 1. The number of β-amino-alcohol motifs (C(OH)–C–C–N with tert-alkyl or cyclic N) is 1. The summed E-state index contributed by atoms with van der Waals surface area (Å²) in [6.07, 6.45) is 3.50. The maximum absolute atomic E-state index is 13.4. The van der Waals surface area contributed by atoms with E-state index in [1.165, 1.54) is 11.8 Å². The quantitative estimate of drug-likeness (QED) is 0.268. The number of carbonyl (C=O) groups excluding carboxylic acids is 2. The average molecular weight is 606 g/mol. The van der Waals surface area contributed by atoms with Crippen molar-refractivity contribution in [3.8, 4) is 5.75 Å². The third-order valence-corrected chi connectivity index (χ3v) is 8.36. The Kier molecular flexibility index (Phi) is 11.2. The number of hydrogen-bond acceptors (Lipinski definition) is 8. The van der Waals surface area contributed by atoms with E-state index in [2.05, 4.69) is 20.6 Å². The first-order valence-corrected chi connectivity index (χ1v) is 15.6. The molecule has 2 heterocycles. The second-order valence-corrected chi connectivity index (χ2v) is 13.4. The van der Waals surface area contributed by atoms with E-state index in [1.807, 2.05) is 88.0 Å². The van der Waals surface area contributed by atoms with Crippen LogP contribution in [-0.2, 0) is 16.0 Å². The van der Waals surface area contributed by atoms with Gasteiger partial charge in [-0.1, -0.05) is 60.3 Å². The minimum absolute atomic E-state index is 0.0678. The zero-order valence-corrected chi connectivity index (χ0v) is 26.4. The highest BCUT2D eigenvalue weighted by atomic mass is 32.2. The fraction of sp³-hybridized carbons (Fsp3) is 0.455. The van der Waals surface area contributed by atoms with E-state index in [0.29, 0.717) is 30.3 Å². The number of likely N-dealkylation sites (tertiary alicyclic amines) is 1. The summed E-state index contributed by atoms with van der Waals surface area (Å²) >= 11 is 1.54. The summed E-state index contributed by atoms with van der Waals surface area (Å²) in [5.41, 5.74) is 2.50. The number of carbonyl (C=O) groups is 2. The monoisotopic (exact) mass is 605 g/mol. The Morgan fingerprint density at radius 3 is 2.37 bits per heavy atom. The van der Waals surface area contributed by atoms with Gasteiger partial charge in [-0.05, 0) is 70.2 Å². The molecule has 3 aromatic rings. The van der Waals surface area contributed by atoms with Gasteiger partial charge in [-0.25, -0.2) is 9.97 Å². The van der Waals surface area contributed by atoms with Crippen LogP contribution in [-0.4, -0.2) is 80.5 Å². The van der Waals surface area contributed by atoms with E-state index in [0.717, 1.165) is 16.7 Å². The number of aryl methyl sites for hydroxylation is 2. The highest BCUT2D eigenvalue weighted by Gasteiger charge is 2.40. The first-order valence-electron chi connectivity index (χ1n) is 14.7. The Hall–Kier alpha value is -3.47. The normalized spacial score (nSPS) is 18.6. The molecule has 9 nitrogen and oxygen atoms in total. The van der Waals surface area contributed by atoms with Crippen LogP contribution in [0, 0.1) is 13.8 Å².